The van der Waals surface area contributed by atoms with Crippen LogP contribution in [0.5, 0.6) is 11.5 Å². The fraction of sp³-hybridized carbons (Fsp3) is 0.353. The quantitative estimate of drug-likeness (QED) is 0.196. The Kier molecular flexibility index (Phi) is 10.1. The number of carbonyl (C=O) groups excluding carboxylic acids is 2. The second-order valence-electron chi connectivity index (χ2n) is 12.1. The van der Waals surface area contributed by atoms with Crippen molar-refractivity contribution >= 4 is 12.3 Å². The number of aromatic nitrogens is 3. The molecule has 0 aliphatic carbocycles. The van der Waals surface area contributed by atoms with E-state index >= 15 is 0 Å². The number of likely N-dealkylation sites (tertiary alicyclic amines) is 1. The molecular weight excluding hydrogens is 613 g/mol. The molecule has 5 rings (SSSR count). The molecule has 1 fully saturated rings. The average molecular weight is 651 g/mol. The number of hydrogen-bond acceptors (Lipinski definition) is 7. The van der Waals surface area contributed by atoms with E-state index in [4.69, 9.17) is 0 Å². The number of nitrogens with zero attached hydrogens (tertiary/aromatic N) is 5. The highest BCUT2D eigenvalue weighted by molar-refractivity contribution is 5.92. The number of phenolic OH excluding ortho intramolecular Hbond substituents is 2. The highest BCUT2D eigenvalue weighted by Crippen LogP contribution is 2.35. The van der Waals surface area contributed by atoms with Crippen LogP contribution >= 0.6 is 0 Å². The molecule has 1 aromatic heterocycles. The summed E-state index contributed by atoms with van der Waals surface area (Å²) in [6.07, 6.45) is -0.654. The topological polar surface area (TPSA) is 124 Å². The van der Waals surface area contributed by atoms with Crippen LogP contribution in [0.15, 0.2) is 60.7 Å². The second-order valence-corrected chi connectivity index (χ2v) is 12.1. The molecule has 0 atom stereocenters. The number of halogens is 3. The van der Waals surface area contributed by atoms with E-state index in [1.54, 1.807) is 19.1 Å². The number of aromatic hydroxyl groups is 2. The van der Waals surface area contributed by atoms with E-state index in [0.29, 0.717) is 30.3 Å². The predicted molar refractivity (Wildman–Crippen MR) is 169 cm³/mol. The van der Waals surface area contributed by atoms with Gasteiger partial charge >= 0.3 is 6.18 Å². The van der Waals surface area contributed by atoms with Crippen LogP contribution in [0.2, 0.25) is 0 Å². The molecule has 1 saturated heterocycles. The lowest BCUT2D eigenvalue weighted by Gasteiger charge is -2.29. The van der Waals surface area contributed by atoms with E-state index in [9.17, 15) is 33.0 Å². The van der Waals surface area contributed by atoms with Crippen LogP contribution in [0.4, 0.5) is 13.2 Å². The van der Waals surface area contributed by atoms with Crippen LogP contribution in [0.3, 0.4) is 0 Å². The van der Waals surface area contributed by atoms with E-state index < -0.39 is 24.5 Å². The zero-order chi connectivity index (χ0) is 33.7. The maximum absolute atomic E-state index is 12.8. The molecule has 3 aromatic carbocycles. The Morgan fingerprint density at radius 1 is 0.957 bits per heavy atom. The third-order valence-corrected chi connectivity index (χ3v) is 8.32. The third kappa shape index (κ3) is 8.47. The van der Waals surface area contributed by atoms with Crippen molar-refractivity contribution in [3.05, 3.63) is 88.7 Å². The average Bonchev–Trinajstić information content (AvgIpc) is 3.48. The van der Waals surface area contributed by atoms with Gasteiger partial charge in [-0.2, -0.15) is 13.2 Å². The number of piperidine rings is 1. The fourth-order valence-electron chi connectivity index (χ4n) is 5.78. The van der Waals surface area contributed by atoms with E-state index in [2.05, 4.69) is 39.4 Å². The predicted octanol–water partition coefficient (Wildman–Crippen LogP) is 4.99. The first-order valence-corrected chi connectivity index (χ1v) is 15.3. The van der Waals surface area contributed by atoms with Crippen molar-refractivity contribution in [1.29, 1.82) is 0 Å². The number of hydrogen-bond donors (Lipinski definition) is 3. The van der Waals surface area contributed by atoms with Crippen LogP contribution in [-0.2, 0) is 24.3 Å². The second kappa shape index (κ2) is 14.2. The smallest absolute Gasteiger partial charge is 0.405 e. The van der Waals surface area contributed by atoms with Crippen LogP contribution in [0.25, 0.3) is 17.1 Å². The Morgan fingerprint density at radius 2 is 1.55 bits per heavy atom. The van der Waals surface area contributed by atoms with E-state index in [-0.39, 0.29) is 22.9 Å². The molecule has 47 heavy (non-hydrogen) atoms. The first-order valence-electron chi connectivity index (χ1n) is 15.3. The van der Waals surface area contributed by atoms with Gasteiger partial charge < -0.3 is 20.4 Å². The maximum Gasteiger partial charge on any atom is 0.405 e. The first-order chi connectivity index (χ1) is 22.4. The number of phenols is 2. The van der Waals surface area contributed by atoms with Crippen molar-refractivity contribution in [1.82, 2.24) is 29.9 Å². The van der Waals surface area contributed by atoms with Crippen molar-refractivity contribution < 1.29 is 33.0 Å². The summed E-state index contributed by atoms with van der Waals surface area (Å²) in [5.41, 5.74) is 4.35. The lowest BCUT2D eigenvalue weighted by molar-refractivity contribution is -0.123. The molecule has 248 valence electrons. The fourth-order valence-corrected chi connectivity index (χ4v) is 5.78. The summed E-state index contributed by atoms with van der Waals surface area (Å²) in [6, 6.07) is 18.3. The minimum absolute atomic E-state index is 0.0162. The largest absolute Gasteiger partial charge is 0.508 e. The summed E-state index contributed by atoms with van der Waals surface area (Å²) >= 11 is 0. The summed E-state index contributed by atoms with van der Waals surface area (Å²) in [5.74, 6) is -1.38. The van der Waals surface area contributed by atoms with Gasteiger partial charge in [-0.05, 0) is 79.6 Å². The lowest BCUT2D eigenvalue weighted by atomic mass is 9.90. The number of nitrogens with one attached hydrogen (secondary N) is 1. The Hall–Kier alpha value is -4.91. The molecular formula is C34H37F3N6O4. The van der Waals surface area contributed by atoms with E-state index in [0.717, 1.165) is 56.0 Å². The number of benzene rings is 3. The Morgan fingerprint density at radius 3 is 2.15 bits per heavy atom. The molecule has 4 aromatic rings. The molecule has 0 spiro atoms. The molecule has 1 aliphatic heterocycles. The minimum atomic E-state index is -4.62. The van der Waals surface area contributed by atoms with Crippen LogP contribution in [0.1, 0.15) is 45.7 Å². The zero-order valence-corrected chi connectivity index (χ0v) is 26.2. The van der Waals surface area contributed by atoms with Crippen molar-refractivity contribution in [3.63, 3.8) is 0 Å². The summed E-state index contributed by atoms with van der Waals surface area (Å²) < 4.78 is 39.8. The maximum atomic E-state index is 12.8. The van der Waals surface area contributed by atoms with Gasteiger partial charge in [-0.25, -0.2) is 0 Å². The molecule has 0 bridgehead atoms. The zero-order valence-electron chi connectivity index (χ0n) is 26.2. The molecule has 2 heterocycles. The van der Waals surface area contributed by atoms with Crippen molar-refractivity contribution in [2.24, 2.45) is 5.92 Å². The third-order valence-electron chi connectivity index (χ3n) is 8.32. The van der Waals surface area contributed by atoms with Gasteiger partial charge in [0.2, 0.25) is 12.2 Å². The standard InChI is InChI=1S/C34H37F3N6O4/c1-22-15-28(30(46)17-29(22)45)31-39-40-32(33(47)38-20-34(35,36)37)43(31)27-9-7-26(8-10-27)19-41(2)18-25-5-3-23(4-6-25)16-24-11-13-42(21-44)14-12-24/h3-10,15,17,21,24,45-46H,11-14,16,18-20H2,1-2H3,(H,38,47). The number of carbonyl (C=O) groups is 2. The molecule has 1 aliphatic rings. The molecule has 13 heteroatoms. The van der Waals surface area contributed by atoms with Gasteiger partial charge in [0.25, 0.3) is 5.91 Å². The monoisotopic (exact) mass is 650 g/mol. The Balaban J connectivity index is 1.29. The van der Waals surface area contributed by atoms with Gasteiger partial charge in [0.1, 0.15) is 18.0 Å². The molecule has 0 unspecified atom stereocenters. The van der Waals surface area contributed by atoms with Gasteiger partial charge in [0.15, 0.2) is 5.82 Å². The molecule has 2 amide bonds. The molecule has 0 radical (unpaired) electrons. The molecule has 0 saturated carbocycles. The number of rotatable bonds is 11. The van der Waals surface area contributed by atoms with Gasteiger partial charge in [-0.1, -0.05) is 36.4 Å². The minimum Gasteiger partial charge on any atom is -0.508 e. The van der Waals surface area contributed by atoms with Crippen molar-refractivity contribution in [2.45, 2.75) is 45.5 Å². The van der Waals surface area contributed by atoms with E-state index in [1.807, 2.05) is 29.4 Å². The first kappa shape index (κ1) is 33.5. The highest BCUT2D eigenvalue weighted by Gasteiger charge is 2.30. The van der Waals surface area contributed by atoms with E-state index in [1.165, 1.54) is 16.2 Å². The van der Waals surface area contributed by atoms with Gasteiger partial charge in [-0.15, -0.1) is 10.2 Å². The Labute approximate surface area is 270 Å². The van der Waals surface area contributed by atoms with Gasteiger partial charge in [0, 0.05) is 37.9 Å². The highest BCUT2D eigenvalue weighted by atomic mass is 19.4. The van der Waals surface area contributed by atoms with Gasteiger partial charge in [0.05, 0.1) is 5.56 Å². The molecule has 10 nitrogen and oxygen atoms in total. The SMILES string of the molecule is Cc1cc(-c2nnc(C(=O)NCC(F)(F)F)n2-c2ccc(CN(C)Cc3ccc(CC4CCN(C=O)CC4)cc3)cc2)c(O)cc1O. The summed E-state index contributed by atoms with van der Waals surface area (Å²) in [4.78, 5) is 27.7. The number of aryl methyl sites for hydroxylation is 1. The normalized spacial score (nSPS) is 14.0. The number of amides is 2. The molecule has 3 N–H and O–H groups in total. The van der Waals surface area contributed by atoms with Gasteiger partial charge in [-0.3, -0.25) is 19.1 Å². The Bertz CT molecular complexity index is 1700. The summed E-state index contributed by atoms with van der Waals surface area (Å²) in [6.45, 7) is 3.00. The van der Waals surface area contributed by atoms with Crippen LogP contribution in [0, 0.1) is 12.8 Å². The van der Waals surface area contributed by atoms with Crippen LogP contribution in [-0.4, -0.2) is 80.0 Å². The summed E-state index contributed by atoms with van der Waals surface area (Å²) in [7, 11) is 2.00. The lowest BCUT2D eigenvalue weighted by Crippen LogP contribution is -2.35. The summed E-state index contributed by atoms with van der Waals surface area (Å²) in [5, 5.41) is 30.3. The van der Waals surface area contributed by atoms with Crippen LogP contribution < -0.4 is 5.32 Å². The van der Waals surface area contributed by atoms with Crippen molar-refractivity contribution in [3.8, 4) is 28.6 Å². The number of alkyl halides is 3. The van der Waals surface area contributed by atoms with Crippen molar-refractivity contribution in [2.75, 3.05) is 26.7 Å².